The first-order valence-electron chi connectivity index (χ1n) is 3.88. The van der Waals surface area contributed by atoms with E-state index in [1.807, 2.05) is 0 Å². The molecule has 0 saturated carbocycles. The van der Waals surface area contributed by atoms with Crippen LogP contribution in [0.1, 0.15) is 10.4 Å². The summed E-state index contributed by atoms with van der Waals surface area (Å²) >= 11 is 0. The molecule has 0 fully saturated rings. The van der Waals surface area contributed by atoms with E-state index in [0.29, 0.717) is 11.0 Å². The number of benzene rings is 1. The molecule has 1 aromatic carbocycles. The molecule has 72 valence electrons. The molecule has 1 aromatic rings. The van der Waals surface area contributed by atoms with E-state index in [1.54, 1.807) is 0 Å². The van der Waals surface area contributed by atoms with Gasteiger partial charge in [-0.25, -0.2) is 4.79 Å². The average Bonchev–Trinajstić information content (AvgIpc) is 2.27. The Labute approximate surface area is 80.8 Å². The number of carbonyl (C=O) groups excluding carboxylic acids is 1. The Morgan fingerprint density at radius 2 is 2.00 bits per heavy atom. The molecule has 6 heteroatoms. The van der Waals surface area contributed by atoms with Crippen LogP contribution in [-0.2, 0) is 4.74 Å². The van der Waals surface area contributed by atoms with Gasteiger partial charge in [-0.15, -0.1) is 0 Å². The van der Waals surface area contributed by atoms with E-state index in [2.05, 4.69) is 9.82 Å². The molecule has 0 aliphatic heterocycles. The highest BCUT2D eigenvalue weighted by Crippen LogP contribution is 1.99. The highest BCUT2D eigenvalue weighted by Gasteiger charge is 2.16. The van der Waals surface area contributed by atoms with Gasteiger partial charge in [0, 0.05) is 0 Å². The molecular weight excluding hydrogens is 185 g/mol. The Bertz CT molecular complexity index is 338. The van der Waals surface area contributed by atoms with Crippen molar-refractivity contribution < 1.29 is 14.6 Å². The Kier molecular flexibility index (Phi) is 3.36. The van der Waals surface area contributed by atoms with Gasteiger partial charge >= 0.3 is 13.0 Å². The van der Waals surface area contributed by atoms with Crippen LogP contribution < -0.4 is 5.46 Å². The number of methoxy groups -OCH3 is 1. The molecule has 0 bridgehead atoms. The molecule has 0 heterocycles. The fraction of sp³-hybridized carbons (Fsp3) is 0.125. The zero-order valence-corrected chi connectivity index (χ0v) is 7.51. The number of carbonyl (C=O) groups is 1. The summed E-state index contributed by atoms with van der Waals surface area (Å²) in [5, 5.41) is 11.5. The van der Waals surface area contributed by atoms with Crippen molar-refractivity contribution in [2.75, 3.05) is 7.11 Å². The van der Waals surface area contributed by atoms with E-state index in [1.165, 1.54) is 31.4 Å². The van der Waals surface area contributed by atoms with Gasteiger partial charge in [-0.2, -0.15) is 4.91 Å². The number of nitroso groups, excluding NO2 is 1. The van der Waals surface area contributed by atoms with Crippen LogP contribution in [0.5, 0.6) is 0 Å². The predicted octanol–water partition coefficient (Wildman–Crippen LogP) is -0.0729. The first kappa shape index (κ1) is 10.4. The van der Waals surface area contributed by atoms with Crippen molar-refractivity contribution in [1.29, 1.82) is 0 Å². The van der Waals surface area contributed by atoms with E-state index in [9.17, 15) is 9.70 Å². The average molecular weight is 193 g/mol. The second-order valence-corrected chi connectivity index (χ2v) is 2.59. The van der Waals surface area contributed by atoms with Crippen LogP contribution in [-0.4, -0.2) is 25.2 Å². The minimum Gasteiger partial charge on any atom is -0.465 e. The SMILES string of the molecule is COC(=O)c1ccc(B(O)N=O)cc1. The number of nitrogens with zero attached hydrogens (tertiary/aromatic N) is 1. The van der Waals surface area contributed by atoms with Gasteiger partial charge in [0.2, 0.25) is 0 Å². The molecule has 1 N–H and O–H groups in total. The third kappa shape index (κ3) is 2.17. The van der Waals surface area contributed by atoms with E-state index < -0.39 is 13.0 Å². The van der Waals surface area contributed by atoms with E-state index in [4.69, 9.17) is 5.02 Å². The number of ether oxygens (including phenoxy) is 1. The van der Waals surface area contributed by atoms with Gasteiger partial charge in [0.1, 0.15) is 0 Å². The summed E-state index contributed by atoms with van der Waals surface area (Å²) in [6, 6.07) is 5.79. The van der Waals surface area contributed by atoms with Gasteiger partial charge in [-0.1, -0.05) is 17.2 Å². The maximum absolute atomic E-state index is 11.0. The summed E-state index contributed by atoms with van der Waals surface area (Å²) in [6.07, 6.45) is 0. The summed E-state index contributed by atoms with van der Waals surface area (Å²) in [5.74, 6) is -0.467. The lowest BCUT2D eigenvalue weighted by Crippen LogP contribution is -2.27. The van der Waals surface area contributed by atoms with Crippen molar-refractivity contribution in [3.8, 4) is 0 Å². The van der Waals surface area contributed by atoms with Crippen molar-refractivity contribution in [2.45, 2.75) is 0 Å². The first-order valence-corrected chi connectivity index (χ1v) is 3.88. The second kappa shape index (κ2) is 4.52. The zero-order valence-electron chi connectivity index (χ0n) is 7.51. The van der Waals surface area contributed by atoms with Gasteiger partial charge in [0.25, 0.3) is 0 Å². The Morgan fingerprint density at radius 1 is 1.43 bits per heavy atom. The molecule has 0 atom stereocenters. The van der Waals surface area contributed by atoms with Crippen LogP contribution >= 0.6 is 0 Å². The molecule has 0 spiro atoms. The molecule has 14 heavy (non-hydrogen) atoms. The Hall–Kier alpha value is -1.69. The van der Waals surface area contributed by atoms with Crippen molar-refractivity contribution in [1.82, 2.24) is 0 Å². The van der Waals surface area contributed by atoms with Crippen LogP contribution in [0.25, 0.3) is 0 Å². The fourth-order valence-electron chi connectivity index (χ4n) is 0.970. The van der Waals surface area contributed by atoms with Crippen molar-refractivity contribution in [3.05, 3.63) is 34.7 Å². The Morgan fingerprint density at radius 3 is 2.43 bits per heavy atom. The van der Waals surface area contributed by atoms with Gasteiger partial charge in [-0.3, -0.25) is 0 Å². The Balaban J connectivity index is 2.88. The largest absolute Gasteiger partial charge is 0.517 e. The summed E-state index contributed by atoms with van der Waals surface area (Å²) in [6.45, 7) is 0. The van der Waals surface area contributed by atoms with Crippen LogP contribution in [0.15, 0.2) is 29.4 Å². The molecule has 0 unspecified atom stereocenters. The van der Waals surface area contributed by atoms with Gasteiger partial charge < -0.3 is 9.76 Å². The zero-order chi connectivity index (χ0) is 10.6. The topological polar surface area (TPSA) is 76.0 Å². The fourth-order valence-corrected chi connectivity index (χ4v) is 0.970. The molecular formula is C8H8BNO4. The summed E-state index contributed by atoms with van der Waals surface area (Å²) in [5.41, 5.74) is 0.696. The molecule has 0 aromatic heterocycles. The molecule has 1 rings (SSSR count). The second-order valence-electron chi connectivity index (χ2n) is 2.59. The number of hydrogen-bond donors (Lipinski definition) is 1. The molecule has 0 aliphatic rings. The number of hydrogen-bond acceptors (Lipinski definition) is 5. The van der Waals surface area contributed by atoms with Crippen LogP contribution in [0.3, 0.4) is 0 Å². The van der Waals surface area contributed by atoms with Gasteiger partial charge in [-0.05, 0) is 17.6 Å². The lowest BCUT2D eigenvalue weighted by Gasteiger charge is -2.00. The molecule has 5 nitrogen and oxygen atoms in total. The van der Waals surface area contributed by atoms with E-state index in [0.717, 1.165) is 0 Å². The van der Waals surface area contributed by atoms with Crippen molar-refractivity contribution >= 4 is 18.5 Å². The highest BCUT2D eigenvalue weighted by atomic mass is 16.5. The number of esters is 1. The highest BCUT2D eigenvalue weighted by molar-refractivity contribution is 6.64. The molecule has 0 amide bonds. The number of rotatable bonds is 3. The van der Waals surface area contributed by atoms with Crippen molar-refractivity contribution in [2.24, 2.45) is 5.09 Å². The third-order valence-corrected chi connectivity index (χ3v) is 1.73. The maximum Gasteiger partial charge on any atom is 0.517 e. The van der Waals surface area contributed by atoms with Gasteiger partial charge in [0.15, 0.2) is 0 Å². The summed E-state index contributed by atoms with van der Waals surface area (Å²) in [4.78, 5) is 21.0. The van der Waals surface area contributed by atoms with Crippen LogP contribution in [0, 0.1) is 4.91 Å². The standard InChI is InChI=1S/C8H8BNO4/c1-14-8(11)6-2-4-7(5-3-6)9(12)10-13/h2-5,12H,1H3. The molecule has 0 aliphatic carbocycles. The molecule has 0 radical (unpaired) electrons. The maximum atomic E-state index is 11.0. The third-order valence-electron chi connectivity index (χ3n) is 1.73. The minimum atomic E-state index is -1.39. The minimum absolute atomic E-state index is 0.340. The van der Waals surface area contributed by atoms with Gasteiger partial charge in [0.05, 0.1) is 12.7 Å². The van der Waals surface area contributed by atoms with E-state index >= 15 is 0 Å². The smallest absolute Gasteiger partial charge is 0.465 e. The van der Waals surface area contributed by atoms with Crippen molar-refractivity contribution in [3.63, 3.8) is 0 Å². The van der Waals surface area contributed by atoms with Crippen LogP contribution in [0.4, 0.5) is 0 Å². The lowest BCUT2D eigenvalue weighted by molar-refractivity contribution is 0.0601. The van der Waals surface area contributed by atoms with E-state index in [-0.39, 0.29) is 0 Å². The predicted molar refractivity (Wildman–Crippen MR) is 51.2 cm³/mol. The lowest BCUT2D eigenvalue weighted by atomic mass is 9.76. The summed E-state index contributed by atoms with van der Waals surface area (Å²) in [7, 11) is -0.111. The normalized spacial score (nSPS) is 9.29. The molecule has 0 saturated heterocycles. The van der Waals surface area contributed by atoms with Crippen LogP contribution in [0.2, 0.25) is 0 Å². The monoisotopic (exact) mass is 193 g/mol. The quantitative estimate of drug-likeness (QED) is 0.414. The first-order chi connectivity index (χ1) is 6.69. The summed E-state index contributed by atoms with van der Waals surface area (Å²) < 4.78 is 4.48.